The molecule has 2 aromatic rings. The molecular weight excluding hydrogens is 318 g/mol. The molecule has 1 amide bonds. The number of benzene rings is 1. The van der Waals surface area contributed by atoms with Crippen molar-refractivity contribution in [1.29, 1.82) is 0 Å². The SMILES string of the molecule is CCc1cn[nH]c1NC(=O)c1ccc(Cl)cc1Br. The van der Waals surface area contributed by atoms with Crippen LogP contribution in [0.15, 0.2) is 28.9 Å². The highest BCUT2D eigenvalue weighted by Gasteiger charge is 2.13. The third kappa shape index (κ3) is 2.73. The zero-order valence-corrected chi connectivity index (χ0v) is 12.0. The van der Waals surface area contributed by atoms with Crippen LogP contribution in [0.25, 0.3) is 0 Å². The number of halogens is 2. The number of aromatic nitrogens is 2. The highest BCUT2D eigenvalue weighted by molar-refractivity contribution is 9.10. The van der Waals surface area contributed by atoms with E-state index in [9.17, 15) is 4.79 Å². The monoisotopic (exact) mass is 327 g/mol. The lowest BCUT2D eigenvalue weighted by Crippen LogP contribution is -2.13. The number of hydrogen-bond acceptors (Lipinski definition) is 2. The molecule has 0 aliphatic carbocycles. The van der Waals surface area contributed by atoms with Crippen LogP contribution in [-0.2, 0) is 6.42 Å². The van der Waals surface area contributed by atoms with Crippen molar-refractivity contribution in [1.82, 2.24) is 10.2 Å². The Kier molecular flexibility index (Phi) is 4.04. The van der Waals surface area contributed by atoms with Crippen molar-refractivity contribution in [2.75, 3.05) is 5.32 Å². The Morgan fingerprint density at radius 3 is 3.00 bits per heavy atom. The van der Waals surface area contributed by atoms with Crippen molar-refractivity contribution in [3.05, 3.63) is 45.0 Å². The smallest absolute Gasteiger partial charge is 0.257 e. The Bertz CT molecular complexity index is 582. The predicted molar refractivity (Wildman–Crippen MR) is 75.1 cm³/mol. The number of carbonyl (C=O) groups excluding carboxylic acids is 1. The molecule has 1 aromatic carbocycles. The average Bonchev–Trinajstić information content (AvgIpc) is 2.76. The highest BCUT2D eigenvalue weighted by atomic mass is 79.9. The van der Waals surface area contributed by atoms with Crippen LogP contribution >= 0.6 is 27.5 Å². The van der Waals surface area contributed by atoms with E-state index in [1.54, 1.807) is 24.4 Å². The quantitative estimate of drug-likeness (QED) is 0.903. The van der Waals surface area contributed by atoms with E-state index >= 15 is 0 Å². The van der Waals surface area contributed by atoms with Crippen molar-refractivity contribution in [3.8, 4) is 0 Å². The molecular formula is C12H11BrClN3O. The van der Waals surface area contributed by atoms with Crippen LogP contribution in [0.3, 0.4) is 0 Å². The van der Waals surface area contributed by atoms with Crippen molar-refractivity contribution < 1.29 is 4.79 Å². The standard InChI is InChI=1S/C12H11BrClN3O/c1-2-7-6-15-17-11(7)16-12(18)9-4-3-8(14)5-10(9)13/h3-6H,2H2,1H3,(H2,15,16,17,18). The summed E-state index contributed by atoms with van der Waals surface area (Å²) in [6.45, 7) is 2.00. The van der Waals surface area contributed by atoms with E-state index in [1.807, 2.05) is 6.92 Å². The van der Waals surface area contributed by atoms with Gasteiger partial charge in [-0.2, -0.15) is 5.10 Å². The number of H-pyrrole nitrogens is 1. The van der Waals surface area contributed by atoms with Crippen LogP contribution in [0, 0.1) is 0 Å². The Hall–Kier alpha value is -1.33. The Labute approximate surface area is 118 Å². The van der Waals surface area contributed by atoms with Crippen LogP contribution in [0.5, 0.6) is 0 Å². The summed E-state index contributed by atoms with van der Waals surface area (Å²) in [4.78, 5) is 12.1. The van der Waals surface area contributed by atoms with E-state index in [2.05, 4.69) is 31.4 Å². The zero-order valence-electron chi connectivity index (χ0n) is 9.63. The maximum Gasteiger partial charge on any atom is 0.257 e. The first-order chi connectivity index (χ1) is 8.61. The second-order valence-electron chi connectivity index (χ2n) is 3.70. The minimum absolute atomic E-state index is 0.211. The molecule has 0 spiro atoms. The summed E-state index contributed by atoms with van der Waals surface area (Å²) < 4.78 is 0.657. The molecule has 18 heavy (non-hydrogen) atoms. The maximum absolute atomic E-state index is 12.1. The minimum Gasteiger partial charge on any atom is -0.307 e. The third-order valence-electron chi connectivity index (χ3n) is 2.51. The van der Waals surface area contributed by atoms with Crippen LogP contribution < -0.4 is 5.32 Å². The summed E-state index contributed by atoms with van der Waals surface area (Å²) in [5, 5.41) is 10.0. The van der Waals surface area contributed by atoms with E-state index in [-0.39, 0.29) is 5.91 Å². The molecule has 94 valence electrons. The Balaban J connectivity index is 2.22. The Morgan fingerprint density at radius 1 is 1.56 bits per heavy atom. The van der Waals surface area contributed by atoms with Crippen molar-refractivity contribution in [2.45, 2.75) is 13.3 Å². The first-order valence-electron chi connectivity index (χ1n) is 5.40. The van der Waals surface area contributed by atoms with Crippen LogP contribution in [0.1, 0.15) is 22.8 Å². The number of hydrogen-bond donors (Lipinski definition) is 2. The number of aryl methyl sites for hydroxylation is 1. The van der Waals surface area contributed by atoms with Crippen LogP contribution in [0.2, 0.25) is 5.02 Å². The fourth-order valence-corrected chi connectivity index (χ4v) is 2.40. The summed E-state index contributed by atoms with van der Waals surface area (Å²) in [5.74, 6) is 0.418. The van der Waals surface area contributed by atoms with Gasteiger partial charge in [-0.1, -0.05) is 18.5 Å². The second-order valence-corrected chi connectivity index (χ2v) is 4.99. The summed E-state index contributed by atoms with van der Waals surface area (Å²) in [7, 11) is 0. The lowest BCUT2D eigenvalue weighted by atomic mass is 10.2. The molecule has 0 aliphatic heterocycles. The van der Waals surface area contributed by atoms with Gasteiger partial charge in [0.25, 0.3) is 5.91 Å². The molecule has 6 heteroatoms. The zero-order chi connectivity index (χ0) is 13.1. The molecule has 0 saturated carbocycles. The number of aromatic amines is 1. The number of rotatable bonds is 3. The molecule has 2 N–H and O–H groups in total. The van der Waals surface area contributed by atoms with E-state index in [0.717, 1.165) is 12.0 Å². The summed E-state index contributed by atoms with van der Waals surface area (Å²) in [6, 6.07) is 5.03. The van der Waals surface area contributed by atoms with Crippen molar-refractivity contribution in [2.24, 2.45) is 0 Å². The molecule has 2 rings (SSSR count). The van der Waals surface area contributed by atoms with Gasteiger partial charge in [-0.05, 0) is 40.5 Å². The number of amides is 1. The number of nitrogens with zero attached hydrogens (tertiary/aromatic N) is 1. The molecule has 1 heterocycles. The molecule has 4 nitrogen and oxygen atoms in total. The third-order valence-corrected chi connectivity index (χ3v) is 3.40. The van der Waals surface area contributed by atoms with E-state index < -0.39 is 0 Å². The van der Waals surface area contributed by atoms with Gasteiger partial charge in [-0.25, -0.2) is 0 Å². The molecule has 0 radical (unpaired) electrons. The average molecular weight is 329 g/mol. The van der Waals surface area contributed by atoms with Crippen LogP contribution in [0.4, 0.5) is 5.82 Å². The predicted octanol–water partition coefficient (Wildman–Crippen LogP) is 3.64. The minimum atomic E-state index is -0.211. The fourth-order valence-electron chi connectivity index (χ4n) is 1.54. The first-order valence-corrected chi connectivity index (χ1v) is 6.57. The van der Waals surface area contributed by atoms with E-state index in [1.165, 1.54) is 0 Å². The summed E-state index contributed by atoms with van der Waals surface area (Å²) in [5.41, 5.74) is 1.49. The van der Waals surface area contributed by atoms with E-state index in [4.69, 9.17) is 11.6 Å². The van der Waals surface area contributed by atoms with Gasteiger partial charge in [-0.3, -0.25) is 9.89 Å². The van der Waals surface area contributed by atoms with Crippen LogP contribution in [-0.4, -0.2) is 16.1 Å². The second kappa shape index (κ2) is 5.54. The van der Waals surface area contributed by atoms with Gasteiger partial charge in [0, 0.05) is 15.1 Å². The normalized spacial score (nSPS) is 10.4. The number of carbonyl (C=O) groups is 1. The lowest BCUT2D eigenvalue weighted by molar-refractivity contribution is 0.102. The van der Waals surface area contributed by atoms with Crippen molar-refractivity contribution >= 4 is 39.3 Å². The molecule has 0 aliphatic rings. The summed E-state index contributed by atoms with van der Waals surface area (Å²) in [6.07, 6.45) is 2.50. The van der Waals surface area contributed by atoms with Gasteiger partial charge in [0.15, 0.2) is 0 Å². The number of anilines is 1. The van der Waals surface area contributed by atoms with Gasteiger partial charge in [-0.15, -0.1) is 0 Å². The Morgan fingerprint density at radius 2 is 2.33 bits per heavy atom. The topological polar surface area (TPSA) is 57.8 Å². The van der Waals surface area contributed by atoms with Gasteiger partial charge in [0.2, 0.25) is 0 Å². The van der Waals surface area contributed by atoms with Gasteiger partial charge in [0.05, 0.1) is 11.8 Å². The number of nitrogens with one attached hydrogen (secondary N) is 2. The summed E-state index contributed by atoms with van der Waals surface area (Å²) >= 11 is 9.15. The molecule has 0 saturated heterocycles. The van der Waals surface area contributed by atoms with Gasteiger partial charge in [0.1, 0.15) is 5.82 Å². The molecule has 0 atom stereocenters. The molecule has 0 bridgehead atoms. The highest BCUT2D eigenvalue weighted by Crippen LogP contribution is 2.23. The fraction of sp³-hybridized carbons (Fsp3) is 0.167. The first kappa shape index (κ1) is 13.1. The lowest BCUT2D eigenvalue weighted by Gasteiger charge is -2.06. The van der Waals surface area contributed by atoms with Gasteiger partial charge >= 0.3 is 0 Å². The largest absolute Gasteiger partial charge is 0.307 e. The van der Waals surface area contributed by atoms with Crippen molar-refractivity contribution in [3.63, 3.8) is 0 Å². The molecule has 0 unspecified atom stereocenters. The maximum atomic E-state index is 12.1. The molecule has 0 fully saturated rings. The molecule has 1 aromatic heterocycles. The van der Waals surface area contributed by atoms with Gasteiger partial charge < -0.3 is 5.32 Å². The van der Waals surface area contributed by atoms with E-state index in [0.29, 0.717) is 20.9 Å².